The van der Waals surface area contributed by atoms with Crippen molar-refractivity contribution in [2.75, 3.05) is 18.0 Å². The summed E-state index contributed by atoms with van der Waals surface area (Å²) < 4.78 is 0. The molecular formula is C15H21N3. The first-order valence-corrected chi connectivity index (χ1v) is 6.92. The Morgan fingerprint density at radius 2 is 1.56 bits per heavy atom. The molecule has 0 saturated heterocycles. The molecule has 0 heterocycles. The number of nitrogens with one attached hydrogen (secondary N) is 1. The average molecular weight is 243 g/mol. The molecule has 3 N–H and O–H groups in total. The van der Waals surface area contributed by atoms with Crippen molar-refractivity contribution in [2.45, 2.75) is 25.7 Å². The van der Waals surface area contributed by atoms with Gasteiger partial charge >= 0.3 is 0 Å². The molecule has 0 bridgehead atoms. The monoisotopic (exact) mass is 243 g/mol. The second-order valence-corrected chi connectivity index (χ2v) is 5.75. The van der Waals surface area contributed by atoms with Gasteiger partial charge < -0.3 is 10.6 Å². The predicted octanol–water partition coefficient (Wildman–Crippen LogP) is 2.60. The summed E-state index contributed by atoms with van der Waals surface area (Å²) in [6.45, 7) is 2.41. The summed E-state index contributed by atoms with van der Waals surface area (Å²) in [5.74, 6) is 1.98. The molecule has 0 atom stereocenters. The van der Waals surface area contributed by atoms with Crippen LogP contribution in [0.4, 0.5) is 5.69 Å². The molecule has 3 nitrogen and oxygen atoms in total. The largest absolute Gasteiger partial charge is 0.384 e. The van der Waals surface area contributed by atoms with Crippen molar-refractivity contribution in [2.24, 2.45) is 17.6 Å². The number of benzene rings is 1. The predicted molar refractivity (Wildman–Crippen MR) is 75.1 cm³/mol. The van der Waals surface area contributed by atoms with Crippen LogP contribution in [0.15, 0.2) is 24.3 Å². The molecule has 3 heteroatoms. The summed E-state index contributed by atoms with van der Waals surface area (Å²) in [6.07, 6.45) is 5.58. The van der Waals surface area contributed by atoms with E-state index in [0.29, 0.717) is 0 Å². The first-order chi connectivity index (χ1) is 8.72. The van der Waals surface area contributed by atoms with Crippen molar-refractivity contribution in [3.63, 3.8) is 0 Å². The minimum atomic E-state index is 0.150. The van der Waals surface area contributed by atoms with Crippen LogP contribution in [0, 0.1) is 17.2 Å². The van der Waals surface area contributed by atoms with E-state index in [4.69, 9.17) is 11.1 Å². The van der Waals surface area contributed by atoms with Gasteiger partial charge in [0, 0.05) is 24.3 Å². The summed E-state index contributed by atoms with van der Waals surface area (Å²) in [4.78, 5) is 2.53. The molecular weight excluding hydrogens is 222 g/mol. The van der Waals surface area contributed by atoms with Gasteiger partial charge in [-0.2, -0.15) is 0 Å². The standard InChI is InChI=1S/C15H21N3/c16-15(17)13-5-7-14(8-6-13)18(9-11-1-2-11)10-12-3-4-12/h5-8,11-12H,1-4,9-10H2,(H3,16,17). The third kappa shape index (κ3) is 2.84. The molecule has 0 unspecified atom stereocenters. The van der Waals surface area contributed by atoms with E-state index in [1.54, 1.807) is 0 Å². The number of hydrogen-bond donors (Lipinski definition) is 2. The van der Waals surface area contributed by atoms with Gasteiger partial charge in [0.2, 0.25) is 0 Å². The lowest BCUT2D eigenvalue weighted by molar-refractivity contribution is 0.679. The van der Waals surface area contributed by atoms with Gasteiger partial charge in [0.05, 0.1) is 0 Å². The first kappa shape index (κ1) is 11.6. The zero-order valence-corrected chi connectivity index (χ0v) is 10.7. The van der Waals surface area contributed by atoms with Gasteiger partial charge in [0.25, 0.3) is 0 Å². The van der Waals surface area contributed by atoms with Gasteiger partial charge in [-0.05, 0) is 61.8 Å². The molecule has 96 valence electrons. The number of nitrogens with zero attached hydrogens (tertiary/aromatic N) is 1. The van der Waals surface area contributed by atoms with Crippen LogP contribution in [0.5, 0.6) is 0 Å². The van der Waals surface area contributed by atoms with Crippen molar-refractivity contribution < 1.29 is 0 Å². The second-order valence-electron chi connectivity index (χ2n) is 5.75. The molecule has 1 aromatic rings. The van der Waals surface area contributed by atoms with E-state index in [0.717, 1.165) is 17.4 Å². The topological polar surface area (TPSA) is 53.1 Å². The van der Waals surface area contributed by atoms with Crippen LogP contribution < -0.4 is 10.6 Å². The first-order valence-electron chi connectivity index (χ1n) is 6.92. The summed E-state index contributed by atoms with van der Waals surface area (Å²) in [7, 11) is 0. The molecule has 0 spiro atoms. The molecule has 3 rings (SSSR count). The Hall–Kier alpha value is -1.51. The van der Waals surface area contributed by atoms with Crippen LogP contribution in [0.2, 0.25) is 0 Å². The second kappa shape index (κ2) is 4.63. The molecule has 18 heavy (non-hydrogen) atoms. The number of anilines is 1. The molecule has 0 aliphatic heterocycles. The smallest absolute Gasteiger partial charge is 0.122 e. The van der Waals surface area contributed by atoms with Gasteiger partial charge in [-0.25, -0.2) is 0 Å². The fraction of sp³-hybridized carbons (Fsp3) is 0.533. The molecule has 2 fully saturated rings. The summed E-state index contributed by atoms with van der Waals surface area (Å²) in [5.41, 5.74) is 7.60. The van der Waals surface area contributed by atoms with E-state index < -0.39 is 0 Å². The summed E-state index contributed by atoms with van der Waals surface area (Å²) in [5, 5.41) is 7.42. The van der Waals surface area contributed by atoms with Crippen LogP contribution in [0.1, 0.15) is 31.2 Å². The molecule has 0 radical (unpaired) electrons. The van der Waals surface area contributed by atoms with Gasteiger partial charge in [0.1, 0.15) is 5.84 Å². The number of amidine groups is 1. The molecule has 2 aliphatic carbocycles. The molecule has 2 aliphatic rings. The highest BCUT2D eigenvalue weighted by Gasteiger charge is 2.29. The number of nitrogens with two attached hydrogens (primary N) is 1. The fourth-order valence-electron chi connectivity index (χ4n) is 2.36. The number of nitrogen functional groups attached to an aromatic ring is 1. The van der Waals surface area contributed by atoms with Crippen LogP contribution in [-0.4, -0.2) is 18.9 Å². The Kier molecular flexibility index (Phi) is 2.98. The fourth-order valence-corrected chi connectivity index (χ4v) is 2.36. The van der Waals surface area contributed by atoms with Crippen molar-refractivity contribution >= 4 is 11.5 Å². The normalized spacial score (nSPS) is 18.7. The Balaban J connectivity index is 1.72. The van der Waals surface area contributed by atoms with Crippen molar-refractivity contribution in [1.82, 2.24) is 0 Å². The lowest BCUT2D eigenvalue weighted by atomic mass is 10.1. The zero-order chi connectivity index (χ0) is 12.5. The van der Waals surface area contributed by atoms with Crippen molar-refractivity contribution in [3.8, 4) is 0 Å². The van der Waals surface area contributed by atoms with Crippen LogP contribution in [0.25, 0.3) is 0 Å². The van der Waals surface area contributed by atoms with Gasteiger partial charge in [-0.3, -0.25) is 5.41 Å². The van der Waals surface area contributed by atoms with Crippen molar-refractivity contribution in [1.29, 1.82) is 5.41 Å². The summed E-state index contributed by atoms with van der Waals surface area (Å²) in [6, 6.07) is 8.15. The van der Waals surface area contributed by atoms with Crippen LogP contribution in [-0.2, 0) is 0 Å². The summed E-state index contributed by atoms with van der Waals surface area (Å²) >= 11 is 0. The third-order valence-electron chi connectivity index (χ3n) is 3.89. The maximum atomic E-state index is 7.42. The third-order valence-corrected chi connectivity index (χ3v) is 3.89. The van der Waals surface area contributed by atoms with Gasteiger partial charge in [0.15, 0.2) is 0 Å². The molecule has 1 aromatic carbocycles. The molecule has 0 amide bonds. The van der Waals surface area contributed by atoms with E-state index in [2.05, 4.69) is 17.0 Å². The average Bonchev–Trinajstić information content (AvgIpc) is 3.23. The maximum Gasteiger partial charge on any atom is 0.122 e. The lowest BCUT2D eigenvalue weighted by Gasteiger charge is -2.25. The zero-order valence-electron chi connectivity index (χ0n) is 10.7. The quantitative estimate of drug-likeness (QED) is 0.596. The maximum absolute atomic E-state index is 7.42. The van der Waals surface area contributed by atoms with E-state index >= 15 is 0 Å². The van der Waals surface area contributed by atoms with Gasteiger partial charge in [-0.1, -0.05) is 0 Å². The highest BCUT2D eigenvalue weighted by Crippen LogP contribution is 2.35. The molecule has 2 saturated carbocycles. The number of hydrogen-bond acceptors (Lipinski definition) is 2. The Morgan fingerprint density at radius 3 is 1.94 bits per heavy atom. The Labute approximate surface area is 108 Å². The van der Waals surface area contributed by atoms with E-state index in [-0.39, 0.29) is 5.84 Å². The molecule has 0 aromatic heterocycles. The minimum Gasteiger partial charge on any atom is -0.384 e. The van der Waals surface area contributed by atoms with Crippen molar-refractivity contribution in [3.05, 3.63) is 29.8 Å². The lowest BCUT2D eigenvalue weighted by Crippen LogP contribution is -2.28. The Morgan fingerprint density at radius 1 is 1.06 bits per heavy atom. The number of rotatable bonds is 6. The minimum absolute atomic E-state index is 0.150. The van der Waals surface area contributed by atoms with E-state index in [1.807, 2.05) is 12.1 Å². The Bertz CT molecular complexity index is 416. The van der Waals surface area contributed by atoms with E-state index in [1.165, 1.54) is 44.5 Å². The van der Waals surface area contributed by atoms with E-state index in [9.17, 15) is 0 Å². The SMILES string of the molecule is N=C(N)c1ccc(N(CC2CC2)CC2CC2)cc1. The highest BCUT2D eigenvalue weighted by atomic mass is 15.1. The highest BCUT2D eigenvalue weighted by molar-refractivity contribution is 5.95. The van der Waals surface area contributed by atoms with Crippen LogP contribution >= 0.6 is 0 Å². The van der Waals surface area contributed by atoms with Crippen LogP contribution in [0.3, 0.4) is 0 Å². The van der Waals surface area contributed by atoms with Gasteiger partial charge in [-0.15, -0.1) is 0 Å².